The van der Waals surface area contributed by atoms with Gasteiger partial charge in [-0.2, -0.15) is 0 Å². The van der Waals surface area contributed by atoms with Gasteiger partial charge < -0.3 is 13.6 Å². The van der Waals surface area contributed by atoms with Crippen LogP contribution in [0, 0.1) is 0 Å². The van der Waals surface area contributed by atoms with Crippen LogP contribution < -0.4 is 0 Å². The lowest BCUT2D eigenvalue weighted by Gasteiger charge is -2.16. The van der Waals surface area contributed by atoms with E-state index in [4.69, 9.17) is 4.42 Å². The van der Waals surface area contributed by atoms with E-state index in [2.05, 4.69) is 252 Å². The Morgan fingerprint density at radius 1 is 0.246 bits per heavy atom. The van der Waals surface area contributed by atoms with Crippen LogP contribution in [0.3, 0.4) is 0 Å². The number of benzene rings is 11. The third-order valence-corrected chi connectivity index (χ3v) is 14.1. The molecule has 0 fully saturated rings. The van der Waals surface area contributed by atoms with Gasteiger partial charge >= 0.3 is 0 Å². The summed E-state index contributed by atoms with van der Waals surface area (Å²) in [7, 11) is 0. The van der Waals surface area contributed by atoms with Crippen molar-refractivity contribution in [1.29, 1.82) is 0 Å². The average Bonchev–Trinajstić information content (AvgIpc) is 4.08. The van der Waals surface area contributed by atoms with Crippen LogP contribution in [0.2, 0.25) is 0 Å². The lowest BCUT2D eigenvalue weighted by atomic mass is 9.96. The maximum Gasteiger partial charge on any atom is 0.135 e. The molecule has 0 aliphatic carbocycles. The first kappa shape index (κ1) is 39.0. The monoisotopic (exact) mass is 878 g/mol. The van der Waals surface area contributed by atoms with Crippen LogP contribution in [0.4, 0.5) is 0 Å². The molecular formula is C66H42N2O. The molecule has 0 aliphatic rings. The molecule has 69 heavy (non-hydrogen) atoms. The number of fused-ring (bicyclic) bond motifs is 9. The lowest BCUT2D eigenvalue weighted by molar-refractivity contribution is 0.669. The van der Waals surface area contributed by atoms with Gasteiger partial charge in [0.25, 0.3) is 0 Å². The summed E-state index contributed by atoms with van der Waals surface area (Å²) >= 11 is 0. The second-order valence-corrected chi connectivity index (χ2v) is 18.0. The Labute approximate surface area is 399 Å². The Hall–Kier alpha value is -9.18. The van der Waals surface area contributed by atoms with Crippen LogP contribution >= 0.6 is 0 Å². The molecule has 14 rings (SSSR count). The second-order valence-electron chi connectivity index (χ2n) is 18.0. The first-order chi connectivity index (χ1) is 34.2. The molecule has 0 saturated heterocycles. The van der Waals surface area contributed by atoms with Crippen LogP contribution in [0.25, 0.3) is 133 Å². The Balaban J connectivity index is 0.921. The summed E-state index contributed by atoms with van der Waals surface area (Å²) in [5.74, 6) is 0. The molecule has 0 saturated carbocycles. The van der Waals surface area contributed by atoms with Crippen molar-refractivity contribution in [3.8, 4) is 67.0 Å². The van der Waals surface area contributed by atoms with Gasteiger partial charge in [0.1, 0.15) is 11.2 Å². The fourth-order valence-electron chi connectivity index (χ4n) is 10.9. The van der Waals surface area contributed by atoms with E-state index in [1.165, 1.54) is 88.1 Å². The van der Waals surface area contributed by atoms with Gasteiger partial charge in [0.2, 0.25) is 0 Å². The smallest absolute Gasteiger partial charge is 0.135 e. The lowest BCUT2D eigenvalue weighted by Crippen LogP contribution is -1.98. The zero-order valence-corrected chi connectivity index (χ0v) is 37.6. The van der Waals surface area contributed by atoms with Crippen molar-refractivity contribution in [2.24, 2.45) is 0 Å². The Morgan fingerprint density at radius 3 is 1.49 bits per heavy atom. The van der Waals surface area contributed by atoms with Gasteiger partial charge in [-0.25, -0.2) is 0 Å². The van der Waals surface area contributed by atoms with E-state index in [1.807, 2.05) is 12.1 Å². The van der Waals surface area contributed by atoms with Gasteiger partial charge in [-0.05, 0) is 129 Å². The van der Waals surface area contributed by atoms with Gasteiger partial charge in [-0.1, -0.05) is 176 Å². The fourth-order valence-corrected chi connectivity index (χ4v) is 10.9. The van der Waals surface area contributed by atoms with Gasteiger partial charge in [-0.15, -0.1) is 0 Å². The molecule has 3 heteroatoms. The highest BCUT2D eigenvalue weighted by Gasteiger charge is 2.20. The minimum absolute atomic E-state index is 0.907. The summed E-state index contributed by atoms with van der Waals surface area (Å²) in [6.45, 7) is 0. The molecule has 0 spiro atoms. The van der Waals surface area contributed by atoms with Gasteiger partial charge in [-0.3, -0.25) is 0 Å². The van der Waals surface area contributed by atoms with E-state index in [-0.39, 0.29) is 0 Å². The first-order valence-corrected chi connectivity index (χ1v) is 23.7. The topological polar surface area (TPSA) is 23.0 Å². The van der Waals surface area contributed by atoms with Gasteiger partial charge in [0.15, 0.2) is 0 Å². The molecule has 0 atom stereocenters. The van der Waals surface area contributed by atoms with Crippen LogP contribution in [0.5, 0.6) is 0 Å². The Bertz CT molecular complexity index is 4270. The van der Waals surface area contributed by atoms with Gasteiger partial charge in [0, 0.05) is 43.6 Å². The van der Waals surface area contributed by atoms with Crippen molar-refractivity contribution in [3.63, 3.8) is 0 Å². The molecule has 322 valence electrons. The highest BCUT2D eigenvalue weighted by Crippen LogP contribution is 2.43. The summed E-state index contributed by atoms with van der Waals surface area (Å²) < 4.78 is 11.0. The summed E-state index contributed by atoms with van der Waals surface area (Å²) in [6.07, 6.45) is 0. The van der Waals surface area contributed by atoms with Crippen molar-refractivity contribution < 1.29 is 4.42 Å². The van der Waals surface area contributed by atoms with E-state index in [9.17, 15) is 0 Å². The zero-order valence-electron chi connectivity index (χ0n) is 37.6. The summed E-state index contributed by atoms with van der Waals surface area (Å²) in [5, 5.41) is 7.19. The molecule has 0 radical (unpaired) electrons. The summed E-state index contributed by atoms with van der Waals surface area (Å²) in [6, 6.07) is 92.6. The van der Waals surface area contributed by atoms with Crippen LogP contribution in [-0.2, 0) is 0 Å². The molecule has 0 unspecified atom stereocenters. The van der Waals surface area contributed by atoms with E-state index < -0.39 is 0 Å². The zero-order chi connectivity index (χ0) is 45.4. The quantitative estimate of drug-likeness (QED) is 0.156. The summed E-state index contributed by atoms with van der Waals surface area (Å²) in [4.78, 5) is 0. The number of rotatable bonds is 7. The van der Waals surface area contributed by atoms with Crippen LogP contribution in [-0.4, -0.2) is 9.13 Å². The van der Waals surface area contributed by atoms with Crippen molar-refractivity contribution in [2.75, 3.05) is 0 Å². The van der Waals surface area contributed by atoms with Crippen molar-refractivity contribution in [2.45, 2.75) is 0 Å². The summed E-state index contributed by atoms with van der Waals surface area (Å²) in [5.41, 5.74) is 20.7. The SMILES string of the molecule is c1ccc(-c2ccc(-n3c4ccccc4c4cc(-c5ccc6c(c5)c5c(-c7ccccc7)cccc5n6-c5ccc(-c6ccc7oc8ccccc8c7c6)cc5)ccc43)c(-c3ccccc3)c2)cc1. The average molecular weight is 879 g/mol. The Morgan fingerprint density at radius 2 is 0.739 bits per heavy atom. The molecule has 0 amide bonds. The molecule has 0 bridgehead atoms. The first-order valence-electron chi connectivity index (χ1n) is 23.7. The van der Waals surface area contributed by atoms with Crippen molar-refractivity contribution in [3.05, 3.63) is 255 Å². The second kappa shape index (κ2) is 15.7. The predicted molar refractivity (Wildman–Crippen MR) is 290 cm³/mol. The number of hydrogen-bond acceptors (Lipinski definition) is 1. The highest BCUT2D eigenvalue weighted by atomic mass is 16.3. The predicted octanol–water partition coefficient (Wildman–Crippen LogP) is 18.1. The highest BCUT2D eigenvalue weighted by molar-refractivity contribution is 6.17. The number of para-hydroxylation sites is 2. The number of nitrogens with zero attached hydrogens (tertiary/aromatic N) is 2. The number of hydrogen-bond donors (Lipinski definition) is 0. The maximum absolute atomic E-state index is 6.15. The standard InChI is InChI=1S/C66H42N2O/c1-4-15-43(16-5-1)47-29-35-60(55(39-47)46-19-8-3-9-20-46)68-59-24-12-10-21-53(59)56-40-49(30-36-61(56)68)50-31-37-62-58(42-50)66-52(45-17-6-2-7-18-45)23-14-25-63(66)67(62)51-33-27-44(28-34-51)48-32-38-65-57(41-48)54-22-11-13-26-64(54)69-65/h1-42H. The number of furan rings is 1. The molecule has 3 aromatic heterocycles. The van der Waals surface area contributed by atoms with Crippen LogP contribution in [0.1, 0.15) is 0 Å². The van der Waals surface area contributed by atoms with E-state index in [1.54, 1.807) is 0 Å². The van der Waals surface area contributed by atoms with Crippen molar-refractivity contribution >= 4 is 65.6 Å². The number of aromatic nitrogens is 2. The molecule has 3 nitrogen and oxygen atoms in total. The molecule has 0 N–H and O–H groups in total. The molecule has 3 heterocycles. The van der Waals surface area contributed by atoms with E-state index in [0.29, 0.717) is 0 Å². The largest absolute Gasteiger partial charge is 0.456 e. The molecule has 0 aliphatic heterocycles. The normalized spacial score (nSPS) is 11.8. The molecule has 14 aromatic rings. The van der Waals surface area contributed by atoms with Crippen molar-refractivity contribution in [1.82, 2.24) is 9.13 Å². The maximum atomic E-state index is 6.15. The third kappa shape index (κ3) is 6.36. The third-order valence-electron chi connectivity index (χ3n) is 14.1. The van der Waals surface area contributed by atoms with Crippen LogP contribution in [0.15, 0.2) is 259 Å². The molecule has 11 aromatic carbocycles. The van der Waals surface area contributed by atoms with E-state index >= 15 is 0 Å². The van der Waals surface area contributed by atoms with Gasteiger partial charge in [0.05, 0.1) is 27.8 Å². The minimum Gasteiger partial charge on any atom is -0.456 e. The van der Waals surface area contributed by atoms with E-state index in [0.717, 1.165) is 44.4 Å². The Kier molecular flexibility index (Phi) is 8.90. The minimum atomic E-state index is 0.907. The molecular weight excluding hydrogens is 837 g/mol. The fraction of sp³-hybridized carbons (Fsp3) is 0.